The molecule has 1 unspecified atom stereocenters. The van der Waals surface area contributed by atoms with Gasteiger partial charge in [0.25, 0.3) is 0 Å². The molecule has 0 bridgehead atoms. The number of nitrogens with two attached hydrogens (primary N) is 1. The van der Waals surface area contributed by atoms with Gasteiger partial charge in [-0.15, -0.1) is 0 Å². The summed E-state index contributed by atoms with van der Waals surface area (Å²) in [5.74, 6) is 1.28. The van der Waals surface area contributed by atoms with Gasteiger partial charge in [0.05, 0.1) is 35.7 Å². The standard InChI is InChI=1S/C32H33Cl2N5O3/c1-18(35)22-10-7-19(15-27(22)41-2)31-30(34)24(13-14-37-31)23-5-4-6-25(29(23)33)26-11-8-20(32(39-26)42-3)16-36-17-21-9-12-28(40)38-21/h4-8,10-11,13-15,18,21,36H,9,12,16-17,35H2,1-3H3,(H,38,40)/t18-,21?/m1/s1. The number of halogens is 2. The predicted molar refractivity (Wildman–Crippen MR) is 167 cm³/mol. The highest BCUT2D eigenvalue weighted by Gasteiger charge is 2.21. The van der Waals surface area contributed by atoms with Crippen molar-refractivity contribution in [2.24, 2.45) is 5.73 Å². The Morgan fingerprint density at radius 2 is 1.83 bits per heavy atom. The van der Waals surface area contributed by atoms with E-state index in [0.29, 0.717) is 52.6 Å². The minimum absolute atomic E-state index is 0.102. The van der Waals surface area contributed by atoms with E-state index in [4.69, 9.17) is 43.4 Å². The molecule has 3 heterocycles. The van der Waals surface area contributed by atoms with Crippen LogP contribution in [-0.4, -0.2) is 42.7 Å². The first-order chi connectivity index (χ1) is 20.3. The highest BCUT2D eigenvalue weighted by molar-refractivity contribution is 6.39. The number of aromatic nitrogens is 2. The van der Waals surface area contributed by atoms with Crippen molar-refractivity contribution in [3.05, 3.63) is 82.0 Å². The predicted octanol–water partition coefficient (Wildman–Crippen LogP) is 6.19. The Morgan fingerprint density at radius 1 is 1.05 bits per heavy atom. The molecule has 0 aliphatic carbocycles. The molecule has 42 heavy (non-hydrogen) atoms. The van der Waals surface area contributed by atoms with E-state index in [-0.39, 0.29) is 18.0 Å². The van der Waals surface area contributed by atoms with Gasteiger partial charge in [0, 0.05) is 71.2 Å². The zero-order chi connectivity index (χ0) is 29.8. The van der Waals surface area contributed by atoms with Crippen LogP contribution in [0.2, 0.25) is 10.0 Å². The van der Waals surface area contributed by atoms with Crippen LogP contribution in [0, 0.1) is 0 Å². The van der Waals surface area contributed by atoms with E-state index >= 15 is 0 Å². The summed E-state index contributed by atoms with van der Waals surface area (Å²) in [6.07, 6.45) is 3.13. The fraction of sp³-hybridized carbons (Fsp3) is 0.281. The number of ether oxygens (including phenoxy) is 2. The smallest absolute Gasteiger partial charge is 0.220 e. The van der Waals surface area contributed by atoms with Crippen LogP contribution >= 0.6 is 23.2 Å². The second-order valence-electron chi connectivity index (χ2n) is 10.2. The molecule has 2 atom stereocenters. The molecule has 4 N–H and O–H groups in total. The van der Waals surface area contributed by atoms with E-state index < -0.39 is 0 Å². The zero-order valence-electron chi connectivity index (χ0n) is 23.7. The molecule has 8 nitrogen and oxygen atoms in total. The summed E-state index contributed by atoms with van der Waals surface area (Å²) in [5, 5.41) is 7.33. The topological polar surface area (TPSA) is 111 Å². The van der Waals surface area contributed by atoms with Crippen LogP contribution < -0.4 is 25.8 Å². The Balaban J connectivity index is 1.43. The Kier molecular flexibility index (Phi) is 9.28. The molecule has 2 aromatic carbocycles. The average molecular weight is 607 g/mol. The summed E-state index contributed by atoms with van der Waals surface area (Å²) in [6, 6.07) is 17.2. The van der Waals surface area contributed by atoms with Gasteiger partial charge in [-0.3, -0.25) is 9.78 Å². The van der Waals surface area contributed by atoms with E-state index in [9.17, 15) is 4.79 Å². The van der Waals surface area contributed by atoms with Crippen molar-refractivity contribution in [2.45, 2.75) is 38.4 Å². The van der Waals surface area contributed by atoms with Crippen molar-refractivity contribution in [3.63, 3.8) is 0 Å². The van der Waals surface area contributed by atoms with Crippen molar-refractivity contribution in [2.75, 3.05) is 20.8 Å². The fourth-order valence-electron chi connectivity index (χ4n) is 5.17. The molecule has 0 radical (unpaired) electrons. The molecule has 2 aromatic heterocycles. The normalized spacial score (nSPS) is 15.4. The van der Waals surface area contributed by atoms with Crippen LogP contribution in [0.15, 0.2) is 60.8 Å². The van der Waals surface area contributed by atoms with Gasteiger partial charge < -0.3 is 25.8 Å². The van der Waals surface area contributed by atoms with Gasteiger partial charge >= 0.3 is 0 Å². The summed E-state index contributed by atoms with van der Waals surface area (Å²) >= 11 is 14.0. The number of nitrogens with one attached hydrogen (secondary N) is 2. The van der Waals surface area contributed by atoms with Gasteiger partial charge in [-0.1, -0.05) is 59.6 Å². The maximum atomic E-state index is 11.5. The Bertz CT molecular complexity index is 1610. The van der Waals surface area contributed by atoms with E-state index in [1.165, 1.54) is 0 Å². The molecule has 0 saturated carbocycles. The van der Waals surface area contributed by atoms with Crippen LogP contribution in [0.5, 0.6) is 11.6 Å². The third kappa shape index (κ3) is 6.22. The van der Waals surface area contributed by atoms with Gasteiger partial charge in [0.1, 0.15) is 5.75 Å². The number of nitrogens with zero attached hydrogens (tertiary/aromatic N) is 2. The second kappa shape index (κ2) is 13.1. The van der Waals surface area contributed by atoms with Crippen molar-refractivity contribution >= 4 is 29.1 Å². The molecular formula is C32H33Cl2N5O3. The van der Waals surface area contributed by atoms with E-state index in [2.05, 4.69) is 15.6 Å². The van der Waals surface area contributed by atoms with Crippen LogP contribution in [0.1, 0.15) is 36.9 Å². The van der Waals surface area contributed by atoms with Gasteiger partial charge in [0.2, 0.25) is 11.8 Å². The Morgan fingerprint density at radius 3 is 2.55 bits per heavy atom. The number of rotatable bonds is 10. The minimum atomic E-state index is -0.177. The maximum absolute atomic E-state index is 11.5. The Hall–Kier alpha value is -3.69. The lowest BCUT2D eigenvalue weighted by molar-refractivity contribution is -0.119. The third-order valence-corrected chi connectivity index (χ3v) is 8.16. The molecule has 4 aromatic rings. The van der Waals surface area contributed by atoms with Crippen molar-refractivity contribution in [1.82, 2.24) is 20.6 Å². The summed E-state index contributed by atoms with van der Waals surface area (Å²) in [6.45, 7) is 3.15. The molecular weight excluding hydrogens is 573 g/mol. The molecule has 0 spiro atoms. The number of carbonyl (C=O) groups excluding carboxylic acids is 1. The van der Waals surface area contributed by atoms with E-state index in [1.54, 1.807) is 20.4 Å². The fourth-order valence-corrected chi connectivity index (χ4v) is 5.81. The molecule has 10 heteroatoms. The molecule has 1 aliphatic rings. The van der Waals surface area contributed by atoms with Gasteiger partial charge in [-0.2, -0.15) is 0 Å². The summed E-state index contributed by atoms with van der Waals surface area (Å²) in [5.41, 5.74) is 12.2. The van der Waals surface area contributed by atoms with E-state index in [0.717, 1.165) is 39.8 Å². The first-order valence-corrected chi connectivity index (χ1v) is 14.5. The number of benzene rings is 2. The van der Waals surface area contributed by atoms with Crippen molar-refractivity contribution in [3.8, 4) is 45.3 Å². The number of pyridine rings is 2. The van der Waals surface area contributed by atoms with Crippen LogP contribution in [0.3, 0.4) is 0 Å². The van der Waals surface area contributed by atoms with Crippen LogP contribution in [-0.2, 0) is 11.3 Å². The van der Waals surface area contributed by atoms with Gasteiger partial charge in [0.15, 0.2) is 0 Å². The van der Waals surface area contributed by atoms with Gasteiger partial charge in [-0.25, -0.2) is 4.98 Å². The molecule has 1 amide bonds. The number of methoxy groups -OCH3 is 2. The first-order valence-electron chi connectivity index (χ1n) is 13.7. The number of amides is 1. The van der Waals surface area contributed by atoms with E-state index in [1.807, 2.05) is 61.5 Å². The van der Waals surface area contributed by atoms with Crippen LogP contribution in [0.25, 0.3) is 33.6 Å². The number of hydrogen-bond acceptors (Lipinski definition) is 7. The van der Waals surface area contributed by atoms with Crippen molar-refractivity contribution < 1.29 is 14.3 Å². The van der Waals surface area contributed by atoms with Crippen molar-refractivity contribution in [1.29, 1.82) is 0 Å². The third-order valence-electron chi connectivity index (χ3n) is 7.38. The monoisotopic (exact) mass is 605 g/mol. The highest BCUT2D eigenvalue weighted by atomic mass is 35.5. The second-order valence-corrected chi connectivity index (χ2v) is 11.0. The lowest BCUT2D eigenvalue weighted by atomic mass is 9.98. The van der Waals surface area contributed by atoms with Crippen LogP contribution in [0.4, 0.5) is 0 Å². The molecule has 5 rings (SSSR count). The highest BCUT2D eigenvalue weighted by Crippen LogP contribution is 2.42. The minimum Gasteiger partial charge on any atom is -0.496 e. The SMILES string of the molecule is COc1cc(-c2nccc(-c3cccc(-c4ccc(CNCC5CCC(=O)N5)c(OC)n4)c3Cl)c2Cl)ccc1[C@@H](C)N. The number of hydrogen-bond donors (Lipinski definition) is 3. The summed E-state index contributed by atoms with van der Waals surface area (Å²) in [7, 11) is 3.21. The largest absolute Gasteiger partial charge is 0.496 e. The lowest BCUT2D eigenvalue weighted by Crippen LogP contribution is -2.35. The summed E-state index contributed by atoms with van der Waals surface area (Å²) in [4.78, 5) is 20.8. The molecule has 1 aliphatic heterocycles. The Labute approximate surface area is 255 Å². The summed E-state index contributed by atoms with van der Waals surface area (Å²) < 4.78 is 11.2. The quantitative estimate of drug-likeness (QED) is 0.197. The lowest BCUT2D eigenvalue weighted by Gasteiger charge is -2.16. The van der Waals surface area contributed by atoms with Gasteiger partial charge in [-0.05, 0) is 31.5 Å². The molecule has 1 saturated heterocycles. The average Bonchev–Trinajstić information content (AvgIpc) is 3.42. The maximum Gasteiger partial charge on any atom is 0.220 e. The zero-order valence-corrected chi connectivity index (χ0v) is 25.2. The first kappa shape index (κ1) is 29.8. The number of carbonyl (C=O) groups is 1. The molecule has 1 fully saturated rings. The molecule has 218 valence electrons.